The van der Waals surface area contributed by atoms with Crippen molar-refractivity contribution in [3.8, 4) is 0 Å². The molecule has 3 nitrogen and oxygen atoms in total. The highest BCUT2D eigenvalue weighted by Crippen LogP contribution is 2.17. The van der Waals surface area contributed by atoms with Crippen LogP contribution in [0.3, 0.4) is 0 Å². The van der Waals surface area contributed by atoms with Gasteiger partial charge >= 0.3 is 0 Å². The second-order valence-electron chi connectivity index (χ2n) is 4.88. The Labute approximate surface area is 80.5 Å². The van der Waals surface area contributed by atoms with E-state index in [1.807, 2.05) is 20.8 Å². The van der Waals surface area contributed by atoms with Crippen LogP contribution in [0.5, 0.6) is 0 Å². The molecule has 1 fully saturated rings. The molecule has 3 heteroatoms. The number of likely N-dealkylation sites (N-methyl/N-ethyl adjacent to an activating group) is 1. The van der Waals surface area contributed by atoms with Crippen molar-refractivity contribution in [2.75, 3.05) is 26.7 Å². The van der Waals surface area contributed by atoms with E-state index in [2.05, 4.69) is 17.3 Å². The molecule has 1 unspecified atom stereocenters. The molecule has 1 saturated heterocycles. The molecule has 1 aliphatic heterocycles. The summed E-state index contributed by atoms with van der Waals surface area (Å²) in [5, 5.41) is 3.26. The maximum Gasteiger partial charge on any atom is 0.156 e. The highest BCUT2D eigenvalue weighted by molar-refractivity contribution is 5.89. The first-order chi connectivity index (χ1) is 5.91. The van der Waals surface area contributed by atoms with Crippen molar-refractivity contribution in [1.29, 1.82) is 0 Å². The Morgan fingerprint density at radius 2 is 2.08 bits per heavy atom. The topological polar surface area (TPSA) is 32.3 Å². The van der Waals surface area contributed by atoms with E-state index < -0.39 is 0 Å². The third kappa shape index (κ3) is 2.78. The van der Waals surface area contributed by atoms with Gasteiger partial charge in [0.2, 0.25) is 0 Å². The fourth-order valence-electron chi connectivity index (χ4n) is 1.60. The van der Waals surface area contributed by atoms with Crippen LogP contribution < -0.4 is 5.32 Å². The first-order valence-corrected chi connectivity index (χ1v) is 4.87. The Morgan fingerprint density at radius 1 is 1.46 bits per heavy atom. The van der Waals surface area contributed by atoms with Gasteiger partial charge in [-0.15, -0.1) is 0 Å². The lowest BCUT2D eigenvalue weighted by atomic mass is 9.86. The third-order valence-corrected chi connectivity index (χ3v) is 2.43. The molecule has 0 amide bonds. The number of Topliss-reactive ketones (excluding diaryl/α,β-unsaturated/α-hetero) is 1. The Balaban J connectivity index is 2.56. The van der Waals surface area contributed by atoms with Crippen LogP contribution in [0.1, 0.15) is 20.8 Å². The molecule has 76 valence electrons. The zero-order valence-corrected chi connectivity index (χ0v) is 9.05. The molecule has 0 aromatic heterocycles. The molecule has 1 atom stereocenters. The van der Waals surface area contributed by atoms with E-state index in [0.29, 0.717) is 5.78 Å². The van der Waals surface area contributed by atoms with Gasteiger partial charge in [0.05, 0.1) is 6.04 Å². The van der Waals surface area contributed by atoms with E-state index in [-0.39, 0.29) is 11.5 Å². The van der Waals surface area contributed by atoms with E-state index in [0.717, 1.165) is 19.6 Å². The van der Waals surface area contributed by atoms with Gasteiger partial charge in [0.15, 0.2) is 5.78 Å². The molecule has 1 N–H and O–H groups in total. The number of carbonyl (C=O) groups is 1. The Kier molecular flexibility index (Phi) is 3.09. The summed E-state index contributed by atoms with van der Waals surface area (Å²) in [7, 11) is 2.06. The molecule has 0 bridgehead atoms. The lowest BCUT2D eigenvalue weighted by Gasteiger charge is -2.33. The second kappa shape index (κ2) is 3.76. The molecular weight excluding hydrogens is 164 g/mol. The van der Waals surface area contributed by atoms with E-state index in [1.165, 1.54) is 0 Å². The van der Waals surface area contributed by atoms with Crippen LogP contribution in [-0.4, -0.2) is 43.4 Å². The van der Waals surface area contributed by atoms with Gasteiger partial charge in [-0.1, -0.05) is 20.8 Å². The first-order valence-electron chi connectivity index (χ1n) is 4.87. The minimum atomic E-state index is -0.226. The van der Waals surface area contributed by atoms with Gasteiger partial charge < -0.3 is 10.2 Å². The van der Waals surface area contributed by atoms with Crippen molar-refractivity contribution >= 4 is 5.78 Å². The molecule has 0 aromatic rings. The summed E-state index contributed by atoms with van der Waals surface area (Å²) in [6.07, 6.45) is 0. The summed E-state index contributed by atoms with van der Waals surface area (Å²) in [4.78, 5) is 14.1. The monoisotopic (exact) mass is 184 g/mol. The average molecular weight is 184 g/mol. The third-order valence-electron chi connectivity index (χ3n) is 2.43. The largest absolute Gasteiger partial charge is 0.305 e. The summed E-state index contributed by atoms with van der Waals surface area (Å²) < 4.78 is 0. The van der Waals surface area contributed by atoms with Crippen LogP contribution in [-0.2, 0) is 4.79 Å². The number of nitrogens with one attached hydrogen (secondary N) is 1. The molecule has 1 rings (SSSR count). The van der Waals surface area contributed by atoms with Crippen molar-refractivity contribution in [3.63, 3.8) is 0 Å². The van der Waals surface area contributed by atoms with Crippen molar-refractivity contribution < 1.29 is 4.79 Å². The Bertz CT molecular complexity index is 196. The lowest BCUT2D eigenvalue weighted by Crippen LogP contribution is -2.55. The molecular formula is C10H20N2O. The van der Waals surface area contributed by atoms with Gasteiger partial charge in [-0.3, -0.25) is 4.79 Å². The molecule has 0 aliphatic carbocycles. The molecule has 0 spiro atoms. The highest BCUT2D eigenvalue weighted by Gasteiger charge is 2.31. The van der Waals surface area contributed by atoms with Crippen LogP contribution in [0.4, 0.5) is 0 Å². The number of ketones is 1. The lowest BCUT2D eigenvalue weighted by molar-refractivity contribution is -0.129. The zero-order chi connectivity index (χ0) is 10.1. The summed E-state index contributed by atoms with van der Waals surface area (Å²) in [5.74, 6) is 0.319. The van der Waals surface area contributed by atoms with Crippen LogP contribution in [0, 0.1) is 5.41 Å². The summed E-state index contributed by atoms with van der Waals surface area (Å²) >= 11 is 0. The SMILES string of the molecule is CN1CCNC(C(=O)C(C)(C)C)C1. The fourth-order valence-corrected chi connectivity index (χ4v) is 1.60. The summed E-state index contributed by atoms with van der Waals surface area (Å²) in [5.41, 5.74) is -0.226. The quantitative estimate of drug-likeness (QED) is 0.644. The van der Waals surface area contributed by atoms with E-state index >= 15 is 0 Å². The van der Waals surface area contributed by atoms with Crippen LogP contribution >= 0.6 is 0 Å². The van der Waals surface area contributed by atoms with E-state index in [9.17, 15) is 4.79 Å². The number of hydrogen-bond donors (Lipinski definition) is 1. The standard InChI is InChI=1S/C10H20N2O/c1-10(2,3)9(13)8-7-12(4)6-5-11-8/h8,11H,5-7H2,1-4H3. The second-order valence-corrected chi connectivity index (χ2v) is 4.88. The van der Waals surface area contributed by atoms with Gasteiger partial charge in [-0.2, -0.15) is 0 Å². The summed E-state index contributed by atoms with van der Waals surface area (Å²) in [6, 6.07) is 0.0266. The molecule has 0 radical (unpaired) electrons. The van der Waals surface area contributed by atoms with Gasteiger partial charge in [-0.25, -0.2) is 0 Å². The number of carbonyl (C=O) groups excluding carboxylic acids is 1. The maximum absolute atomic E-state index is 11.9. The van der Waals surface area contributed by atoms with E-state index in [1.54, 1.807) is 0 Å². The van der Waals surface area contributed by atoms with Crippen LogP contribution in [0.15, 0.2) is 0 Å². The number of rotatable bonds is 1. The van der Waals surface area contributed by atoms with Gasteiger partial charge in [0.25, 0.3) is 0 Å². The van der Waals surface area contributed by atoms with Crippen molar-refractivity contribution in [2.24, 2.45) is 5.41 Å². The van der Waals surface area contributed by atoms with Crippen molar-refractivity contribution in [1.82, 2.24) is 10.2 Å². The van der Waals surface area contributed by atoms with Crippen molar-refractivity contribution in [3.05, 3.63) is 0 Å². The maximum atomic E-state index is 11.9. The highest BCUT2D eigenvalue weighted by atomic mass is 16.1. The van der Waals surface area contributed by atoms with Crippen molar-refractivity contribution in [2.45, 2.75) is 26.8 Å². The fraction of sp³-hybridized carbons (Fsp3) is 0.900. The summed E-state index contributed by atoms with van der Waals surface area (Å²) in [6.45, 7) is 8.73. The molecule has 1 heterocycles. The first kappa shape index (κ1) is 10.7. The molecule has 13 heavy (non-hydrogen) atoms. The van der Waals surface area contributed by atoms with Crippen LogP contribution in [0.2, 0.25) is 0 Å². The predicted molar refractivity (Wildman–Crippen MR) is 53.7 cm³/mol. The Morgan fingerprint density at radius 3 is 2.54 bits per heavy atom. The smallest absolute Gasteiger partial charge is 0.156 e. The number of piperazine rings is 1. The molecule has 1 aliphatic rings. The average Bonchev–Trinajstić information content (AvgIpc) is 2.01. The van der Waals surface area contributed by atoms with Crippen LogP contribution in [0.25, 0.3) is 0 Å². The van der Waals surface area contributed by atoms with E-state index in [4.69, 9.17) is 0 Å². The minimum Gasteiger partial charge on any atom is -0.305 e. The molecule has 0 aromatic carbocycles. The Hall–Kier alpha value is -0.410. The van der Waals surface area contributed by atoms with Gasteiger partial charge in [0, 0.05) is 25.0 Å². The minimum absolute atomic E-state index is 0.0266. The predicted octanol–water partition coefficient (Wildman–Crippen LogP) is 0.505. The molecule has 0 saturated carbocycles. The number of hydrogen-bond acceptors (Lipinski definition) is 3. The number of nitrogens with zero attached hydrogens (tertiary/aromatic N) is 1. The van der Waals surface area contributed by atoms with Gasteiger partial charge in [-0.05, 0) is 7.05 Å². The zero-order valence-electron chi connectivity index (χ0n) is 9.05. The normalized spacial score (nSPS) is 26.0. The van der Waals surface area contributed by atoms with Gasteiger partial charge in [0.1, 0.15) is 0 Å².